The lowest BCUT2D eigenvalue weighted by molar-refractivity contribution is 0.172. The Bertz CT molecular complexity index is 552. The fourth-order valence-electron chi connectivity index (χ4n) is 1.97. The van der Waals surface area contributed by atoms with Crippen molar-refractivity contribution in [3.05, 3.63) is 47.5 Å². The van der Waals surface area contributed by atoms with Gasteiger partial charge < -0.3 is 9.47 Å². The molecule has 0 N–H and O–H groups in total. The van der Waals surface area contributed by atoms with Gasteiger partial charge >= 0.3 is 0 Å². The molecule has 0 radical (unpaired) electrons. The van der Waals surface area contributed by atoms with Crippen LogP contribution in [0.3, 0.4) is 0 Å². The predicted molar refractivity (Wildman–Crippen MR) is 67.9 cm³/mol. The van der Waals surface area contributed by atoms with Crippen LogP contribution < -0.4 is 9.47 Å². The number of fused-ring (bicyclic) bond motifs is 1. The summed E-state index contributed by atoms with van der Waals surface area (Å²) in [5, 5.41) is 0.718. The van der Waals surface area contributed by atoms with E-state index in [1.807, 2.05) is 42.5 Å². The molecule has 0 spiro atoms. The lowest BCUT2D eigenvalue weighted by Gasteiger charge is -2.21. The van der Waals surface area contributed by atoms with Gasteiger partial charge in [0.1, 0.15) is 13.2 Å². The second-order valence-electron chi connectivity index (χ2n) is 3.81. The maximum absolute atomic E-state index is 6.20. The first-order chi connectivity index (χ1) is 8.36. The molecule has 0 saturated heterocycles. The Morgan fingerprint density at radius 3 is 2.47 bits per heavy atom. The Hall–Kier alpha value is -1.67. The molecule has 0 aliphatic carbocycles. The van der Waals surface area contributed by atoms with Gasteiger partial charge in [0.05, 0.1) is 0 Å². The number of benzene rings is 2. The van der Waals surface area contributed by atoms with Gasteiger partial charge in [-0.25, -0.2) is 0 Å². The molecule has 86 valence electrons. The third kappa shape index (κ3) is 1.85. The summed E-state index contributed by atoms with van der Waals surface area (Å²) in [7, 11) is 0. The minimum Gasteiger partial charge on any atom is -0.486 e. The molecule has 2 nitrogen and oxygen atoms in total. The minimum absolute atomic E-state index is 0.578. The summed E-state index contributed by atoms with van der Waals surface area (Å²) in [4.78, 5) is 0. The second-order valence-corrected chi connectivity index (χ2v) is 4.22. The van der Waals surface area contributed by atoms with Gasteiger partial charge in [0.15, 0.2) is 11.5 Å². The molecule has 1 aliphatic rings. The van der Waals surface area contributed by atoms with Crippen LogP contribution in [0.5, 0.6) is 11.5 Å². The van der Waals surface area contributed by atoms with Crippen LogP contribution in [0.1, 0.15) is 0 Å². The van der Waals surface area contributed by atoms with Crippen molar-refractivity contribution < 1.29 is 9.47 Å². The highest BCUT2D eigenvalue weighted by atomic mass is 35.5. The average molecular weight is 247 g/mol. The zero-order valence-corrected chi connectivity index (χ0v) is 9.91. The maximum atomic E-state index is 6.20. The van der Waals surface area contributed by atoms with Crippen LogP contribution in [-0.2, 0) is 0 Å². The van der Waals surface area contributed by atoms with Crippen LogP contribution in [-0.4, -0.2) is 13.2 Å². The molecule has 17 heavy (non-hydrogen) atoms. The van der Waals surface area contributed by atoms with Crippen LogP contribution in [0.25, 0.3) is 11.1 Å². The third-order valence-electron chi connectivity index (χ3n) is 2.73. The largest absolute Gasteiger partial charge is 0.486 e. The number of rotatable bonds is 1. The van der Waals surface area contributed by atoms with Crippen LogP contribution in [0.4, 0.5) is 0 Å². The molecule has 0 atom stereocenters. The van der Waals surface area contributed by atoms with E-state index in [0.717, 1.165) is 27.6 Å². The van der Waals surface area contributed by atoms with E-state index in [-0.39, 0.29) is 0 Å². The average Bonchev–Trinajstić information content (AvgIpc) is 2.39. The van der Waals surface area contributed by atoms with Crippen molar-refractivity contribution in [3.8, 4) is 22.6 Å². The van der Waals surface area contributed by atoms with Crippen molar-refractivity contribution in [3.63, 3.8) is 0 Å². The van der Waals surface area contributed by atoms with E-state index in [0.29, 0.717) is 13.2 Å². The molecule has 2 aromatic rings. The normalized spacial score (nSPS) is 13.5. The first-order valence-corrected chi connectivity index (χ1v) is 5.87. The van der Waals surface area contributed by atoms with Crippen molar-refractivity contribution in [1.29, 1.82) is 0 Å². The fraction of sp³-hybridized carbons (Fsp3) is 0.143. The predicted octanol–water partition coefficient (Wildman–Crippen LogP) is 3.78. The molecule has 0 aromatic heterocycles. The smallest absolute Gasteiger partial charge is 0.169 e. The Kier molecular flexibility index (Phi) is 2.65. The summed E-state index contributed by atoms with van der Waals surface area (Å²) in [5.74, 6) is 1.57. The van der Waals surface area contributed by atoms with Crippen LogP contribution in [0, 0.1) is 0 Å². The first-order valence-electron chi connectivity index (χ1n) is 5.50. The minimum atomic E-state index is 0.578. The molecule has 1 heterocycles. The van der Waals surface area contributed by atoms with Gasteiger partial charge in [-0.3, -0.25) is 0 Å². The Morgan fingerprint density at radius 2 is 1.59 bits per heavy atom. The fourth-order valence-corrected chi connectivity index (χ4v) is 2.20. The van der Waals surface area contributed by atoms with Crippen LogP contribution >= 0.6 is 11.6 Å². The molecule has 3 rings (SSSR count). The van der Waals surface area contributed by atoms with Crippen molar-refractivity contribution in [1.82, 2.24) is 0 Å². The quantitative estimate of drug-likeness (QED) is 0.762. The lowest BCUT2D eigenvalue weighted by atomic mass is 10.0. The number of halogens is 1. The zero-order chi connectivity index (χ0) is 11.7. The lowest BCUT2D eigenvalue weighted by Crippen LogP contribution is -2.15. The number of hydrogen-bond acceptors (Lipinski definition) is 2. The zero-order valence-electron chi connectivity index (χ0n) is 9.15. The molecular formula is C14H11ClO2. The van der Waals surface area contributed by atoms with Crippen LogP contribution in [0.2, 0.25) is 5.02 Å². The summed E-state index contributed by atoms with van der Waals surface area (Å²) in [6.07, 6.45) is 0. The first kappa shape index (κ1) is 10.5. The van der Waals surface area contributed by atoms with Crippen molar-refractivity contribution in [2.24, 2.45) is 0 Å². The van der Waals surface area contributed by atoms with E-state index in [9.17, 15) is 0 Å². The molecule has 0 bridgehead atoms. The summed E-state index contributed by atoms with van der Waals surface area (Å²) in [6, 6.07) is 13.6. The molecular weight excluding hydrogens is 236 g/mol. The number of para-hydroxylation sites is 1. The van der Waals surface area contributed by atoms with E-state index >= 15 is 0 Å². The van der Waals surface area contributed by atoms with Gasteiger partial charge in [0.25, 0.3) is 0 Å². The molecule has 0 unspecified atom stereocenters. The van der Waals surface area contributed by atoms with Crippen molar-refractivity contribution in [2.75, 3.05) is 13.2 Å². The summed E-state index contributed by atoms with van der Waals surface area (Å²) < 4.78 is 11.2. The van der Waals surface area contributed by atoms with Crippen LogP contribution in [0.15, 0.2) is 42.5 Å². The van der Waals surface area contributed by atoms with Gasteiger partial charge in [0.2, 0.25) is 0 Å². The van der Waals surface area contributed by atoms with Gasteiger partial charge in [-0.15, -0.1) is 0 Å². The maximum Gasteiger partial charge on any atom is 0.169 e. The molecule has 0 amide bonds. The third-order valence-corrected chi connectivity index (χ3v) is 3.06. The molecule has 3 heteroatoms. The van der Waals surface area contributed by atoms with Gasteiger partial charge in [0, 0.05) is 16.1 Å². The molecule has 0 fully saturated rings. The van der Waals surface area contributed by atoms with Gasteiger partial charge in [-0.05, 0) is 12.1 Å². The number of ether oxygens (including phenoxy) is 2. The van der Waals surface area contributed by atoms with E-state index < -0.39 is 0 Å². The summed E-state index contributed by atoms with van der Waals surface area (Å²) >= 11 is 6.20. The van der Waals surface area contributed by atoms with E-state index in [1.165, 1.54) is 0 Å². The Morgan fingerprint density at radius 1 is 0.824 bits per heavy atom. The summed E-state index contributed by atoms with van der Waals surface area (Å²) in [5.41, 5.74) is 1.95. The van der Waals surface area contributed by atoms with Crippen molar-refractivity contribution >= 4 is 11.6 Å². The molecule has 2 aromatic carbocycles. The van der Waals surface area contributed by atoms with E-state index in [1.54, 1.807) is 0 Å². The Labute approximate surface area is 105 Å². The van der Waals surface area contributed by atoms with E-state index in [4.69, 9.17) is 21.1 Å². The standard InChI is InChI=1S/C14H11ClO2/c15-12-6-2-1-4-10(12)11-5-3-7-13-14(11)17-9-8-16-13/h1-7H,8-9H2. The van der Waals surface area contributed by atoms with E-state index in [2.05, 4.69) is 0 Å². The highest BCUT2D eigenvalue weighted by Crippen LogP contribution is 2.41. The second kappa shape index (κ2) is 4.30. The van der Waals surface area contributed by atoms with Crippen molar-refractivity contribution in [2.45, 2.75) is 0 Å². The molecule has 1 aliphatic heterocycles. The highest BCUT2D eigenvalue weighted by Gasteiger charge is 2.17. The molecule has 0 saturated carbocycles. The monoisotopic (exact) mass is 246 g/mol. The highest BCUT2D eigenvalue weighted by molar-refractivity contribution is 6.33. The SMILES string of the molecule is Clc1ccccc1-c1cccc2c1OCCO2. The summed E-state index contributed by atoms with van der Waals surface area (Å²) in [6.45, 7) is 1.17. The topological polar surface area (TPSA) is 18.5 Å². The van der Waals surface area contributed by atoms with Gasteiger partial charge in [-0.2, -0.15) is 0 Å². The number of hydrogen-bond donors (Lipinski definition) is 0. The van der Waals surface area contributed by atoms with Gasteiger partial charge in [-0.1, -0.05) is 41.9 Å². The Balaban J connectivity index is 2.18.